The van der Waals surface area contributed by atoms with Crippen LogP contribution in [0.1, 0.15) is 5.56 Å². The minimum atomic E-state index is 0.568. The Morgan fingerprint density at radius 3 is 2.31 bits per heavy atom. The fourth-order valence-electron chi connectivity index (χ4n) is 3.75. The van der Waals surface area contributed by atoms with Gasteiger partial charge in [-0.25, -0.2) is 4.98 Å². The largest absolute Gasteiger partial charge is 0.497 e. The van der Waals surface area contributed by atoms with Gasteiger partial charge in [-0.05, 0) is 23.8 Å². The molecule has 29 heavy (non-hydrogen) atoms. The molecule has 0 radical (unpaired) electrons. The molecule has 4 nitrogen and oxygen atoms in total. The van der Waals surface area contributed by atoms with E-state index in [4.69, 9.17) is 9.72 Å². The van der Waals surface area contributed by atoms with Gasteiger partial charge in [0.1, 0.15) is 17.4 Å². The Hall–Kier alpha value is -4.10. The topological polar surface area (TPSA) is 50.3 Å². The normalized spacial score (nSPS) is 10.9. The van der Waals surface area contributed by atoms with Crippen molar-refractivity contribution in [3.8, 4) is 34.2 Å². The van der Waals surface area contributed by atoms with Gasteiger partial charge in [-0.2, -0.15) is 5.26 Å². The van der Waals surface area contributed by atoms with Crippen LogP contribution >= 0.6 is 0 Å². The summed E-state index contributed by atoms with van der Waals surface area (Å²) in [6.07, 6.45) is 2.00. The van der Waals surface area contributed by atoms with Gasteiger partial charge < -0.3 is 4.74 Å². The number of nitriles is 1. The van der Waals surface area contributed by atoms with E-state index in [-0.39, 0.29) is 0 Å². The zero-order valence-corrected chi connectivity index (χ0v) is 15.8. The maximum atomic E-state index is 9.97. The van der Waals surface area contributed by atoms with E-state index in [2.05, 4.69) is 18.2 Å². The molecule has 0 spiro atoms. The first-order chi connectivity index (χ1) is 14.3. The highest BCUT2D eigenvalue weighted by Gasteiger charge is 2.18. The molecule has 0 aliphatic heterocycles. The standard InChI is InChI=1S/C25H17N3O/c1-29-19-13-11-17(12-14-19)22-16-28-23-10-6-5-9-20(23)24(18-7-3-2-4-8-18)27-25(28)21(22)15-26/h2-14,16H,1H3. The van der Waals surface area contributed by atoms with Crippen molar-refractivity contribution in [2.24, 2.45) is 0 Å². The number of hydrogen-bond donors (Lipinski definition) is 0. The summed E-state index contributed by atoms with van der Waals surface area (Å²) in [6, 6.07) is 28.4. The minimum absolute atomic E-state index is 0.568. The molecule has 0 bridgehead atoms. The Balaban J connectivity index is 1.85. The first kappa shape index (κ1) is 17.0. The third-order valence-corrected chi connectivity index (χ3v) is 5.18. The van der Waals surface area contributed by atoms with Gasteiger partial charge >= 0.3 is 0 Å². The molecule has 0 fully saturated rings. The van der Waals surface area contributed by atoms with Crippen LogP contribution < -0.4 is 4.74 Å². The molecule has 4 heteroatoms. The zero-order chi connectivity index (χ0) is 19.8. The summed E-state index contributed by atoms with van der Waals surface area (Å²) in [5.74, 6) is 0.783. The van der Waals surface area contributed by atoms with Crippen LogP contribution in [-0.2, 0) is 0 Å². The summed E-state index contributed by atoms with van der Waals surface area (Å²) < 4.78 is 7.27. The maximum Gasteiger partial charge on any atom is 0.156 e. The predicted octanol–water partition coefficient (Wildman–Crippen LogP) is 5.70. The predicted molar refractivity (Wildman–Crippen MR) is 115 cm³/mol. The molecule has 2 heterocycles. The number of para-hydroxylation sites is 1. The lowest BCUT2D eigenvalue weighted by atomic mass is 10.0. The molecular weight excluding hydrogens is 358 g/mol. The highest BCUT2D eigenvalue weighted by molar-refractivity contribution is 5.96. The van der Waals surface area contributed by atoms with E-state index in [9.17, 15) is 5.26 Å². The SMILES string of the molecule is COc1ccc(-c2cn3c(nc(-c4ccccc4)c4ccccc43)c2C#N)cc1. The fourth-order valence-corrected chi connectivity index (χ4v) is 3.75. The van der Waals surface area contributed by atoms with Gasteiger partial charge in [-0.15, -0.1) is 0 Å². The summed E-state index contributed by atoms with van der Waals surface area (Å²) in [5.41, 5.74) is 5.98. The van der Waals surface area contributed by atoms with Crippen LogP contribution in [0.3, 0.4) is 0 Å². The molecule has 0 saturated carbocycles. The van der Waals surface area contributed by atoms with Crippen molar-refractivity contribution in [1.29, 1.82) is 5.26 Å². The number of aromatic nitrogens is 2. The molecule has 3 aromatic carbocycles. The minimum Gasteiger partial charge on any atom is -0.497 e. The first-order valence-electron chi connectivity index (χ1n) is 9.34. The number of rotatable bonds is 3. The lowest BCUT2D eigenvalue weighted by Gasteiger charge is -2.09. The summed E-state index contributed by atoms with van der Waals surface area (Å²) in [7, 11) is 1.64. The molecule has 5 aromatic rings. The number of nitrogens with zero attached hydrogens (tertiary/aromatic N) is 3. The van der Waals surface area contributed by atoms with Crippen LogP contribution in [0.15, 0.2) is 85.1 Å². The Bertz CT molecular complexity index is 1380. The molecule has 2 aromatic heterocycles. The second-order valence-electron chi connectivity index (χ2n) is 6.80. The molecular formula is C25H17N3O. The summed E-state index contributed by atoms with van der Waals surface area (Å²) in [4.78, 5) is 4.94. The molecule has 0 N–H and O–H groups in total. The van der Waals surface area contributed by atoms with Crippen LogP contribution in [-0.4, -0.2) is 16.5 Å². The average Bonchev–Trinajstić information content (AvgIpc) is 3.18. The third kappa shape index (κ3) is 2.72. The zero-order valence-electron chi connectivity index (χ0n) is 15.8. The quantitative estimate of drug-likeness (QED) is 0.406. The monoisotopic (exact) mass is 375 g/mol. The van der Waals surface area contributed by atoms with Gasteiger partial charge in [0, 0.05) is 22.7 Å². The van der Waals surface area contributed by atoms with E-state index in [0.29, 0.717) is 11.2 Å². The van der Waals surface area contributed by atoms with Gasteiger partial charge in [0.2, 0.25) is 0 Å². The van der Waals surface area contributed by atoms with Crippen molar-refractivity contribution in [3.05, 3.63) is 90.6 Å². The second kappa shape index (κ2) is 6.81. The smallest absolute Gasteiger partial charge is 0.156 e. The highest BCUT2D eigenvalue weighted by Crippen LogP contribution is 2.34. The first-order valence-corrected chi connectivity index (χ1v) is 9.34. The van der Waals surface area contributed by atoms with Crippen LogP contribution in [0.2, 0.25) is 0 Å². The molecule has 0 aliphatic rings. The van der Waals surface area contributed by atoms with Crippen molar-refractivity contribution < 1.29 is 4.74 Å². The number of methoxy groups -OCH3 is 1. The van der Waals surface area contributed by atoms with E-state index < -0.39 is 0 Å². The fraction of sp³-hybridized carbons (Fsp3) is 0.0400. The Morgan fingerprint density at radius 2 is 1.59 bits per heavy atom. The van der Waals surface area contributed by atoms with E-state index >= 15 is 0 Å². The van der Waals surface area contributed by atoms with Crippen molar-refractivity contribution in [2.75, 3.05) is 7.11 Å². The van der Waals surface area contributed by atoms with Crippen molar-refractivity contribution in [1.82, 2.24) is 9.38 Å². The average molecular weight is 375 g/mol. The molecule has 0 amide bonds. The van der Waals surface area contributed by atoms with E-state index in [0.717, 1.165) is 39.0 Å². The van der Waals surface area contributed by atoms with E-state index in [1.54, 1.807) is 7.11 Å². The molecule has 0 aliphatic carbocycles. The Labute approximate surface area is 168 Å². The van der Waals surface area contributed by atoms with Crippen molar-refractivity contribution >= 4 is 16.6 Å². The van der Waals surface area contributed by atoms with Gasteiger partial charge in [0.05, 0.1) is 18.3 Å². The molecule has 0 saturated heterocycles. The van der Waals surface area contributed by atoms with Crippen molar-refractivity contribution in [3.63, 3.8) is 0 Å². The summed E-state index contributed by atoms with van der Waals surface area (Å²) in [5, 5.41) is 11.0. The van der Waals surface area contributed by atoms with Crippen molar-refractivity contribution in [2.45, 2.75) is 0 Å². The Kier molecular flexibility index (Phi) is 4.00. The number of hydrogen-bond acceptors (Lipinski definition) is 3. The van der Waals surface area contributed by atoms with Gasteiger partial charge in [-0.1, -0.05) is 60.7 Å². The van der Waals surface area contributed by atoms with Crippen LogP contribution in [0, 0.1) is 11.3 Å². The summed E-state index contributed by atoms with van der Waals surface area (Å²) >= 11 is 0. The molecule has 138 valence electrons. The number of ether oxygens (including phenoxy) is 1. The number of benzene rings is 3. The van der Waals surface area contributed by atoms with Gasteiger partial charge in [0.25, 0.3) is 0 Å². The molecule has 5 rings (SSSR count). The Morgan fingerprint density at radius 1 is 0.862 bits per heavy atom. The maximum absolute atomic E-state index is 9.97. The second-order valence-corrected chi connectivity index (χ2v) is 6.80. The van der Waals surface area contributed by atoms with Crippen LogP contribution in [0.4, 0.5) is 0 Å². The van der Waals surface area contributed by atoms with Gasteiger partial charge in [0.15, 0.2) is 5.65 Å². The van der Waals surface area contributed by atoms with Crippen LogP contribution in [0.5, 0.6) is 5.75 Å². The van der Waals surface area contributed by atoms with Gasteiger partial charge in [-0.3, -0.25) is 4.40 Å². The highest BCUT2D eigenvalue weighted by atomic mass is 16.5. The molecule has 0 unspecified atom stereocenters. The molecule has 0 atom stereocenters. The van der Waals surface area contributed by atoms with Crippen LogP contribution in [0.25, 0.3) is 38.9 Å². The van der Waals surface area contributed by atoms with E-state index in [1.165, 1.54) is 0 Å². The third-order valence-electron chi connectivity index (χ3n) is 5.18. The summed E-state index contributed by atoms with van der Waals surface area (Å²) in [6.45, 7) is 0. The number of fused-ring (bicyclic) bond motifs is 3. The lowest BCUT2D eigenvalue weighted by Crippen LogP contribution is -1.95. The van der Waals surface area contributed by atoms with E-state index in [1.807, 2.05) is 77.3 Å². The lowest BCUT2D eigenvalue weighted by molar-refractivity contribution is 0.415.